The first-order valence-electron chi connectivity index (χ1n) is 10.3. The van der Waals surface area contributed by atoms with E-state index in [-0.39, 0.29) is 25.3 Å². The first kappa shape index (κ1) is 22.4. The molecule has 3 heterocycles. The van der Waals surface area contributed by atoms with Gasteiger partial charge in [-0.2, -0.15) is 11.3 Å². The summed E-state index contributed by atoms with van der Waals surface area (Å²) in [6.45, 7) is -0.644. The van der Waals surface area contributed by atoms with E-state index in [1.165, 1.54) is 15.6 Å². The number of halogens is 3. The third kappa shape index (κ3) is 3.64. The molecule has 1 amide bonds. The van der Waals surface area contributed by atoms with Crippen LogP contribution in [0.3, 0.4) is 0 Å². The van der Waals surface area contributed by atoms with Crippen molar-refractivity contribution in [3.63, 3.8) is 0 Å². The molecule has 3 aromatic rings. The number of Topliss-reactive ketones (excluding diaryl/α,β-unsaturated/α-hetero) is 1. The Balaban J connectivity index is 1.55. The lowest BCUT2D eigenvalue weighted by Gasteiger charge is -2.46. The number of hydrogen-bond donors (Lipinski definition) is 1. The van der Waals surface area contributed by atoms with Crippen molar-refractivity contribution in [3.8, 4) is 0 Å². The average molecular weight is 505 g/mol. The van der Waals surface area contributed by atoms with Crippen molar-refractivity contribution in [3.05, 3.63) is 87.1 Å². The summed E-state index contributed by atoms with van der Waals surface area (Å²) >= 11 is 12.4. The number of carbonyl (C=O) groups is 2. The van der Waals surface area contributed by atoms with Gasteiger partial charge in [0.1, 0.15) is 11.5 Å². The van der Waals surface area contributed by atoms with Crippen molar-refractivity contribution in [2.45, 2.75) is 23.8 Å². The molecule has 0 saturated carbocycles. The van der Waals surface area contributed by atoms with E-state index in [9.17, 15) is 18.4 Å². The molecule has 2 aliphatic heterocycles. The predicted octanol–water partition coefficient (Wildman–Crippen LogP) is 5.53. The molecule has 2 unspecified atom stereocenters. The Labute approximate surface area is 204 Å². The number of rotatable bonds is 4. The number of thiol groups is 1. The summed E-state index contributed by atoms with van der Waals surface area (Å²) in [4.78, 5) is 28.6. The third-order valence-electron chi connectivity index (χ3n) is 6.34. The number of amides is 1. The lowest BCUT2D eigenvalue weighted by molar-refractivity contribution is -0.142. The second kappa shape index (κ2) is 8.11. The molecule has 2 saturated heterocycles. The van der Waals surface area contributed by atoms with Gasteiger partial charge in [0, 0.05) is 17.1 Å². The average Bonchev–Trinajstić information content (AvgIpc) is 3.31. The summed E-state index contributed by atoms with van der Waals surface area (Å²) in [5.41, 5.74) is 1.46. The number of ketones is 1. The van der Waals surface area contributed by atoms with Crippen molar-refractivity contribution in [1.29, 1.82) is 0 Å². The van der Waals surface area contributed by atoms with Gasteiger partial charge in [-0.3, -0.25) is 13.9 Å². The molecular weight excluding hydrogens is 486 g/mol. The normalized spacial score (nSPS) is 24.7. The van der Waals surface area contributed by atoms with Gasteiger partial charge >= 0.3 is 0 Å². The molecular formula is C24H19ClF2N2O2S2. The molecule has 0 aliphatic carbocycles. The quantitative estimate of drug-likeness (QED) is 0.375. The third-order valence-corrected chi connectivity index (χ3v) is 7.90. The Morgan fingerprint density at radius 1 is 1.00 bits per heavy atom. The summed E-state index contributed by atoms with van der Waals surface area (Å²) in [6.07, 6.45) is 0.00992. The van der Waals surface area contributed by atoms with Crippen LogP contribution in [-0.2, 0) is 15.1 Å². The second-order valence-electron chi connectivity index (χ2n) is 8.38. The van der Waals surface area contributed by atoms with Gasteiger partial charge in [0.2, 0.25) is 5.91 Å². The Hall–Kier alpha value is -2.42. The zero-order valence-electron chi connectivity index (χ0n) is 17.2. The minimum atomic E-state index is -2.67. The highest BCUT2D eigenvalue weighted by Crippen LogP contribution is 2.48. The summed E-state index contributed by atoms with van der Waals surface area (Å²) < 4.78 is 27.9. The maximum Gasteiger partial charge on any atom is 0.282 e. The molecule has 2 fully saturated rings. The van der Waals surface area contributed by atoms with Crippen LogP contribution >= 0.6 is 35.8 Å². The zero-order valence-corrected chi connectivity index (χ0v) is 19.7. The molecule has 4 nitrogen and oxygen atoms in total. The lowest BCUT2D eigenvalue weighted by atomic mass is 9.73. The van der Waals surface area contributed by atoms with E-state index in [2.05, 4.69) is 12.8 Å². The monoisotopic (exact) mass is 504 g/mol. The summed E-state index contributed by atoms with van der Waals surface area (Å²) in [6, 6.07) is 15.7. The second-order valence-corrected chi connectivity index (χ2v) is 9.97. The van der Waals surface area contributed by atoms with E-state index < -0.39 is 23.3 Å². The predicted molar refractivity (Wildman–Crippen MR) is 128 cm³/mol. The Morgan fingerprint density at radius 2 is 1.70 bits per heavy atom. The van der Waals surface area contributed by atoms with Crippen LogP contribution in [0.15, 0.2) is 65.4 Å². The van der Waals surface area contributed by atoms with Crippen LogP contribution in [0, 0.1) is 0 Å². The van der Waals surface area contributed by atoms with Crippen molar-refractivity contribution in [2.24, 2.45) is 0 Å². The van der Waals surface area contributed by atoms with Gasteiger partial charge in [-0.1, -0.05) is 54.7 Å². The first-order valence-corrected chi connectivity index (χ1v) is 12.0. The number of thiophene rings is 1. The molecule has 2 atom stereocenters. The fourth-order valence-electron chi connectivity index (χ4n) is 4.65. The van der Waals surface area contributed by atoms with E-state index >= 15 is 0 Å². The van der Waals surface area contributed by atoms with Gasteiger partial charge in [-0.15, -0.1) is 0 Å². The van der Waals surface area contributed by atoms with Crippen molar-refractivity contribution < 1.29 is 18.4 Å². The first-order chi connectivity index (χ1) is 15.7. The molecule has 0 N–H and O–H groups in total. The van der Waals surface area contributed by atoms with E-state index in [0.29, 0.717) is 21.8 Å². The molecule has 9 heteroatoms. The van der Waals surface area contributed by atoms with Crippen LogP contribution in [-0.4, -0.2) is 35.0 Å². The minimum Gasteiger partial charge on any atom is -0.359 e. The van der Waals surface area contributed by atoms with E-state index in [1.54, 1.807) is 53.4 Å². The Bertz CT molecular complexity index is 1210. The lowest BCUT2D eigenvalue weighted by Crippen LogP contribution is -2.56. The maximum absolute atomic E-state index is 13.6. The van der Waals surface area contributed by atoms with Crippen LogP contribution in [0.1, 0.15) is 29.0 Å². The highest BCUT2D eigenvalue weighted by molar-refractivity contribution is 7.78. The number of piperidine rings is 1. The highest BCUT2D eigenvalue weighted by atomic mass is 35.5. The number of carbonyl (C=O) groups excluding carboxylic acids is 2. The number of anilines is 1. The van der Waals surface area contributed by atoms with Gasteiger partial charge in [0.15, 0.2) is 5.78 Å². The van der Waals surface area contributed by atoms with E-state index in [0.717, 1.165) is 5.56 Å². The van der Waals surface area contributed by atoms with Crippen LogP contribution in [0.4, 0.5) is 14.5 Å². The molecule has 0 bridgehead atoms. The van der Waals surface area contributed by atoms with Crippen molar-refractivity contribution in [2.75, 3.05) is 18.0 Å². The zero-order chi connectivity index (χ0) is 23.4. The minimum absolute atomic E-state index is 0.00992. The van der Waals surface area contributed by atoms with E-state index in [1.807, 2.05) is 16.8 Å². The molecule has 33 heavy (non-hydrogen) atoms. The van der Waals surface area contributed by atoms with Crippen LogP contribution < -0.4 is 4.90 Å². The van der Waals surface area contributed by atoms with Crippen LogP contribution in [0.25, 0.3) is 0 Å². The van der Waals surface area contributed by atoms with Gasteiger partial charge in [0.05, 0.1) is 13.1 Å². The number of hydrogen-bond acceptors (Lipinski definition) is 5. The smallest absolute Gasteiger partial charge is 0.282 e. The van der Waals surface area contributed by atoms with Gasteiger partial charge in [-0.05, 0) is 51.7 Å². The van der Waals surface area contributed by atoms with Gasteiger partial charge in [-0.25, -0.2) is 8.78 Å². The fraction of sp³-hybridized carbons (Fsp3) is 0.250. The Kier molecular flexibility index (Phi) is 5.50. The van der Waals surface area contributed by atoms with Crippen molar-refractivity contribution in [1.82, 2.24) is 4.31 Å². The van der Waals surface area contributed by atoms with Crippen LogP contribution in [0.2, 0.25) is 5.02 Å². The number of benzene rings is 2. The highest BCUT2D eigenvalue weighted by Gasteiger charge is 2.53. The van der Waals surface area contributed by atoms with Crippen LogP contribution in [0.5, 0.6) is 0 Å². The van der Waals surface area contributed by atoms with Crippen molar-refractivity contribution >= 4 is 53.1 Å². The number of nitrogens with zero attached hydrogens (tertiary/aromatic N) is 2. The maximum atomic E-state index is 13.6. The van der Waals surface area contributed by atoms with Gasteiger partial charge in [0.25, 0.3) is 5.92 Å². The molecule has 0 radical (unpaired) electrons. The molecule has 1 aromatic heterocycles. The summed E-state index contributed by atoms with van der Waals surface area (Å²) in [5.74, 6) is -4.42. The fourth-order valence-corrected chi connectivity index (χ4v) is 6.04. The SMILES string of the molecule is O=C1CC(c2ccc(N3CC(F)(F)C3)cc2)(c2ccsc2)N(S)C(=O)C1c1ccccc1Cl. The number of alkyl halides is 2. The standard InChI is InChI=1S/C24H19ClF2N2O2S2/c25-19-4-2-1-3-18(19)21-20(30)11-24(29(32)22(21)31,16-9-10-33-12-16)15-5-7-17(8-6-15)28-13-23(26,27)14-28/h1-10,12,21,32H,11,13-14H2. The van der Waals surface area contributed by atoms with Gasteiger partial charge < -0.3 is 4.90 Å². The summed E-state index contributed by atoms with van der Waals surface area (Å²) in [7, 11) is 0. The Morgan fingerprint density at radius 3 is 2.30 bits per heavy atom. The molecule has 0 spiro atoms. The largest absolute Gasteiger partial charge is 0.359 e. The molecule has 2 aromatic carbocycles. The topological polar surface area (TPSA) is 40.6 Å². The molecule has 2 aliphatic rings. The van der Waals surface area contributed by atoms with E-state index in [4.69, 9.17) is 11.6 Å². The molecule has 170 valence electrons. The molecule has 5 rings (SSSR count). The summed E-state index contributed by atoms with van der Waals surface area (Å²) in [5, 5.41) is 4.12.